The van der Waals surface area contributed by atoms with E-state index < -0.39 is 11.6 Å². The Morgan fingerprint density at radius 2 is 1.62 bits per heavy atom. The molecule has 88 valence electrons. The fraction of sp³-hybridized carbons (Fsp3) is 0.538. The lowest BCUT2D eigenvalue weighted by atomic mass is 10.1. The van der Waals surface area contributed by atoms with Crippen molar-refractivity contribution in [3.63, 3.8) is 0 Å². The molecule has 0 aromatic heterocycles. The van der Waals surface area contributed by atoms with E-state index in [0.29, 0.717) is 11.7 Å². The maximum Gasteiger partial charge on any atom is 0.160 e. The third-order valence-corrected chi connectivity index (χ3v) is 3.15. The highest BCUT2D eigenvalue weighted by Gasteiger charge is 2.12. The number of rotatable bonds is 2. The first-order valence-electron chi connectivity index (χ1n) is 5.97. The van der Waals surface area contributed by atoms with E-state index in [-0.39, 0.29) is 0 Å². The Morgan fingerprint density at radius 1 is 0.938 bits per heavy atom. The van der Waals surface area contributed by atoms with Gasteiger partial charge in [-0.1, -0.05) is 25.7 Å². The van der Waals surface area contributed by atoms with E-state index in [1.54, 1.807) is 6.07 Å². The molecule has 0 unspecified atom stereocenters. The number of benzene rings is 1. The average Bonchev–Trinajstić information content (AvgIpc) is 2.52. The SMILES string of the molecule is Fc1ccc(NC2CCCCCC2)cc1F. The Hall–Kier alpha value is -1.12. The first-order chi connectivity index (χ1) is 7.75. The van der Waals surface area contributed by atoms with Crippen molar-refractivity contribution in [1.29, 1.82) is 0 Å². The van der Waals surface area contributed by atoms with E-state index >= 15 is 0 Å². The van der Waals surface area contributed by atoms with Gasteiger partial charge in [0.05, 0.1) is 0 Å². The molecule has 0 saturated heterocycles. The summed E-state index contributed by atoms with van der Waals surface area (Å²) in [7, 11) is 0. The van der Waals surface area contributed by atoms with Crippen LogP contribution in [-0.4, -0.2) is 6.04 Å². The molecule has 1 saturated carbocycles. The summed E-state index contributed by atoms with van der Waals surface area (Å²) in [6, 6.07) is 4.42. The highest BCUT2D eigenvalue weighted by molar-refractivity contribution is 5.44. The Labute approximate surface area is 94.9 Å². The molecule has 0 bridgehead atoms. The molecule has 1 aromatic rings. The number of hydrogen-bond donors (Lipinski definition) is 1. The van der Waals surface area contributed by atoms with Crippen molar-refractivity contribution in [2.75, 3.05) is 5.32 Å². The lowest BCUT2D eigenvalue weighted by Gasteiger charge is -2.17. The highest BCUT2D eigenvalue weighted by Crippen LogP contribution is 2.22. The molecule has 0 amide bonds. The summed E-state index contributed by atoms with van der Waals surface area (Å²) in [4.78, 5) is 0. The van der Waals surface area contributed by atoms with Crippen LogP contribution < -0.4 is 5.32 Å². The summed E-state index contributed by atoms with van der Waals surface area (Å²) < 4.78 is 25.7. The Kier molecular flexibility index (Phi) is 3.75. The average molecular weight is 225 g/mol. The second-order valence-corrected chi connectivity index (χ2v) is 4.46. The predicted molar refractivity (Wildman–Crippen MR) is 61.5 cm³/mol. The van der Waals surface area contributed by atoms with E-state index in [1.165, 1.54) is 37.8 Å². The van der Waals surface area contributed by atoms with Gasteiger partial charge in [0.15, 0.2) is 11.6 Å². The standard InChI is InChI=1S/C13H17F2N/c14-12-8-7-11(9-13(12)15)16-10-5-3-1-2-4-6-10/h7-10,16H,1-6H2. The van der Waals surface area contributed by atoms with Crippen LogP contribution in [0.5, 0.6) is 0 Å². The summed E-state index contributed by atoms with van der Waals surface area (Å²) in [5, 5.41) is 3.28. The van der Waals surface area contributed by atoms with Gasteiger partial charge in [-0.3, -0.25) is 0 Å². The van der Waals surface area contributed by atoms with Crippen molar-refractivity contribution in [2.45, 2.75) is 44.6 Å². The quantitative estimate of drug-likeness (QED) is 0.747. The molecule has 0 radical (unpaired) electrons. The zero-order valence-corrected chi connectivity index (χ0v) is 9.31. The second-order valence-electron chi connectivity index (χ2n) is 4.46. The van der Waals surface area contributed by atoms with Gasteiger partial charge in [-0.05, 0) is 25.0 Å². The van der Waals surface area contributed by atoms with E-state index in [1.807, 2.05) is 0 Å². The third kappa shape index (κ3) is 2.94. The predicted octanol–water partition coefficient (Wildman–Crippen LogP) is 4.10. The van der Waals surface area contributed by atoms with Crippen molar-refractivity contribution >= 4 is 5.69 Å². The van der Waals surface area contributed by atoms with Gasteiger partial charge in [-0.2, -0.15) is 0 Å². The van der Waals surface area contributed by atoms with Gasteiger partial charge in [0, 0.05) is 17.8 Å². The van der Waals surface area contributed by atoms with E-state index in [2.05, 4.69) is 5.32 Å². The molecule has 1 N–H and O–H groups in total. The van der Waals surface area contributed by atoms with Gasteiger partial charge in [-0.25, -0.2) is 8.78 Å². The number of anilines is 1. The molecule has 0 spiro atoms. The summed E-state index contributed by atoms with van der Waals surface area (Å²) in [6.45, 7) is 0. The molecule has 2 rings (SSSR count). The minimum Gasteiger partial charge on any atom is -0.382 e. The van der Waals surface area contributed by atoms with Crippen molar-refractivity contribution in [3.8, 4) is 0 Å². The minimum absolute atomic E-state index is 0.410. The Balaban J connectivity index is 1.99. The maximum absolute atomic E-state index is 13.0. The van der Waals surface area contributed by atoms with Crippen LogP contribution in [0.2, 0.25) is 0 Å². The van der Waals surface area contributed by atoms with E-state index in [0.717, 1.165) is 12.8 Å². The van der Waals surface area contributed by atoms with Gasteiger partial charge in [0.2, 0.25) is 0 Å². The van der Waals surface area contributed by atoms with Crippen LogP contribution in [-0.2, 0) is 0 Å². The molecular formula is C13H17F2N. The molecule has 1 aromatic carbocycles. The molecule has 16 heavy (non-hydrogen) atoms. The fourth-order valence-electron chi connectivity index (χ4n) is 2.25. The smallest absolute Gasteiger partial charge is 0.160 e. The van der Waals surface area contributed by atoms with Crippen molar-refractivity contribution < 1.29 is 8.78 Å². The first-order valence-corrected chi connectivity index (χ1v) is 5.97. The monoisotopic (exact) mass is 225 g/mol. The highest BCUT2D eigenvalue weighted by atomic mass is 19.2. The molecule has 1 aliphatic carbocycles. The van der Waals surface area contributed by atoms with Gasteiger partial charge in [-0.15, -0.1) is 0 Å². The molecule has 1 aliphatic rings. The molecule has 0 heterocycles. The molecule has 0 aliphatic heterocycles. The number of nitrogens with one attached hydrogen (secondary N) is 1. The first kappa shape index (κ1) is 11.4. The summed E-state index contributed by atoms with van der Waals surface area (Å²) in [5.74, 6) is -1.56. The largest absolute Gasteiger partial charge is 0.382 e. The lowest BCUT2D eigenvalue weighted by Crippen LogP contribution is -2.18. The number of halogens is 2. The zero-order chi connectivity index (χ0) is 11.4. The van der Waals surface area contributed by atoms with E-state index in [9.17, 15) is 8.78 Å². The molecule has 3 heteroatoms. The van der Waals surface area contributed by atoms with Gasteiger partial charge in [0.1, 0.15) is 0 Å². The topological polar surface area (TPSA) is 12.0 Å². The molecule has 1 fully saturated rings. The fourth-order valence-corrected chi connectivity index (χ4v) is 2.25. The Bertz CT molecular complexity index is 344. The van der Waals surface area contributed by atoms with E-state index in [4.69, 9.17) is 0 Å². The van der Waals surface area contributed by atoms with Crippen molar-refractivity contribution in [3.05, 3.63) is 29.8 Å². The third-order valence-electron chi connectivity index (χ3n) is 3.15. The summed E-state index contributed by atoms with van der Waals surface area (Å²) in [5.41, 5.74) is 0.686. The van der Waals surface area contributed by atoms with Crippen LogP contribution in [0.1, 0.15) is 38.5 Å². The van der Waals surface area contributed by atoms with Crippen molar-refractivity contribution in [1.82, 2.24) is 0 Å². The Morgan fingerprint density at radius 3 is 2.25 bits per heavy atom. The van der Waals surface area contributed by atoms with Crippen LogP contribution in [0.25, 0.3) is 0 Å². The van der Waals surface area contributed by atoms with Crippen LogP contribution in [0.4, 0.5) is 14.5 Å². The van der Waals surface area contributed by atoms with Gasteiger partial charge < -0.3 is 5.32 Å². The summed E-state index contributed by atoms with van der Waals surface area (Å²) >= 11 is 0. The maximum atomic E-state index is 13.0. The van der Waals surface area contributed by atoms with Crippen LogP contribution in [0, 0.1) is 11.6 Å². The molecule has 0 atom stereocenters. The van der Waals surface area contributed by atoms with Gasteiger partial charge >= 0.3 is 0 Å². The number of hydrogen-bond acceptors (Lipinski definition) is 1. The second kappa shape index (κ2) is 5.28. The molecular weight excluding hydrogens is 208 g/mol. The lowest BCUT2D eigenvalue weighted by molar-refractivity contribution is 0.508. The van der Waals surface area contributed by atoms with Crippen LogP contribution >= 0.6 is 0 Å². The zero-order valence-electron chi connectivity index (χ0n) is 9.31. The van der Waals surface area contributed by atoms with Gasteiger partial charge in [0.25, 0.3) is 0 Å². The van der Waals surface area contributed by atoms with Crippen molar-refractivity contribution in [2.24, 2.45) is 0 Å². The summed E-state index contributed by atoms with van der Waals surface area (Å²) in [6.07, 6.45) is 7.27. The molecule has 1 nitrogen and oxygen atoms in total. The van der Waals surface area contributed by atoms with Crippen LogP contribution in [0.3, 0.4) is 0 Å². The normalized spacial score (nSPS) is 18.1. The van der Waals surface area contributed by atoms with Crippen LogP contribution in [0.15, 0.2) is 18.2 Å². The minimum atomic E-state index is -0.786.